The summed E-state index contributed by atoms with van der Waals surface area (Å²) in [7, 11) is 0. The summed E-state index contributed by atoms with van der Waals surface area (Å²) in [6, 6.07) is 24.4. The lowest BCUT2D eigenvalue weighted by atomic mass is 9.81. The van der Waals surface area contributed by atoms with Gasteiger partial charge in [-0.2, -0.15) is 5.10 Å². The topological polar surface area (TPSA) is 120 Å². The third kappa shape index (κ3) is 4.98. The Hall–Kier alpha value is -4.79. The fraction of sp³-hybridized carbons (Fsp3) is 0.324. The normalized spacial score (nSPS) is 20.7. The van der Waals surface area contributed by atoms with Crippen molar-refractivity contribution in [1.82, 2.24) is 15.1 Å². The fourth-order valence-electron chi connectivity index (χ4n) is 6.51. The highest BCUT2D eigenvalue weighted by molar-refractivity contribution is 6.32. The van der Waals surface area contributed by atoms with E-state index in [0.29, 0.717) is 23.5 Å². The van der Waals surface area contributed by atoms with Crippen molar-refractivity contribution in [3.63, 3.8) is 0 Å². The van der Waals surface area contributed by atoms with Crippen molar-refractivity contribution < 1.29 is 9.59 Å². The number of fused-ring (bicyclic) bond motifs is 2. The Kier molecular flexibility index (Phi) is 7.56. The van der Waals surface area contributed by atoms with Crippen LogP contribution in [0.4, 0.5) is 11.4 Å². The molecule has 0 bridgehead atoms. The molecule has 6 rings (SSSR count). The molecule has 1 aromatic heterocycles. The number of para-hydroxylation sites is 3. The maximum Gasteiger partial charge on any atom is 0.242 e. The van der Waals surface area contributed by atoms with E-state index in [4.69, 9.17) is 0 Å². The number of rotatable bonds is 6. The summed E-state index contributed by atoms with van der Waals surface area (Å²) in [6.45, 7) is 4.39. The number of likely N-dealkylation sites (tertiary alicyclic amines) is 1. The van der Waals surface area contributed by atoms with Crippen LogP contribution in [0.2, 0.25) is 0 Å². The minimum absolute atomic E-state index is 0.0307. The number of amidine groups is 2. The quantitative estimate of drug-likeness (QED) is 0.200. The number of amides is 2. The number of anilines is 2. The van der Waals surface area contributed by atoms with Gasteiger partial charge in [0, 0.05) is 35.7 Å². The summed E-state index contributed by atoms with van der Waals surface area (Å²) in [5, 5.41) is 27.3. The van der Waals surface area contributed by atoms with Crippen molar-refractivity contribution in [1.29, 1.82) is 10.8 Å². The molecular weight excluding hydrogens is 538 g/mol. The van der Waals surface area contributed by atoms with Crippen LogP contribution in [0.5, 0.6) is 0 Å². The molecule has 3 N–H and O–H groups in total. The predicted molar refractivity (Wildman–Crippen MR) is 170 cm³/mol. The molecule has 1 fully saturated rings. The van der Waals surface area contributed by atoms with Crippen LogP contribution < -0.4 is 9.80 Å². The molecule has 0 saturated carbocycles. The number of carbonyl (C=O) groups excluding carboxylic acids is 2. The van der Waals surface area contributed by atoms with Crippen molar-refractivity contribution in [2.45, 2.75) is 52.0 Å². The summed E-state index contributed by atoms with van der Waals surface area (Å²) in [6.07, 6.45) is 4.02. The number of carbonyl (C=O) groups is 2. The summed E-state index contributed by atoms with van der Waals surface area (Å²) in [5.74, 6) is -0.397. The molecule has 0 radical (unpaired) electrons. The number of aromatic amines is 1. The first kappa shape index (κ1) is 28.3. The van der Waals surface area contributed by atoms with Gasteiger partial charge in [-0.05, 0) is 50.8 Å². The molecule has 9 nitrogen and oxygen atoms in total. The van der Waals surface area contributed by atoms with Crippen molar-refractivity contribution in [3.8, 4) is 0 Å². The number of nitrogens with one attached hydrogen (secondary N) is 3. The van der Waals surface area contributed by atoms with Crippen molar-refractivity contribution >= 4 is 45.8 Å². The average molecular weight is 576 g/mol. The van der Waals surface area contributed by atoms with Crippen LogP contribution in [0.15, 0.2) is 78.9 Å². The van der Waals surface area contributed by atoms with E-state index in [9.17, 15) is 20.4 Å². The van der Waals surface area contributed by atoms with Gasteiger partial charge in [-0.15, -0.1) is 0 Å². The zero-order valence-electron chi connectivity index (χ0n) is 24.6. The third-order valence-corrected chi connectivity index (χ3v) is 8.93. The summed E-state index contributed by atoms with van der Waals surface area (Å²) in [4.78, 5) is 33.8. The molecule has 2 atom stereocenters. The maximum absolute atomic E-state index is 14.9. The lowest BCUT2D eigenvalue weighted by Gasteiger charge is -2.38. The molecule has 9 heteroatoms. The predicted octanol–water partition coefficient (Wildman–Crippen LogP) is 5.76. The Balaban J connectivity index is 1.48. The molecule has 3 aromatic carbocycles. The lowest BCUT2D eigenvalue weighted by molar-refractivity contribution is -0.135. The van der Waals surface area contributed by atoms with E-state index >= 15 is 0 Å². The molecule has 2 aliphatic rings. The molecule has 1 saturated heterocycles. The lowest BCUT2D eigenvalue weighted by Crippen LogP contribution is -2.55. The van der Waals surface area contributed by atoms with E-state index in [1.54, 1.807) is 16.7 Å². The standard InChI is InChI=1S/C34H37N7O2/c1-3-24-15-11-12-20-39(24)30(42)22-40-28-18-9-10-19-29(28)41(31(35)23-13-5-4-6-14-23)32(36)34(2,33(40)43)21-27-25-16-7-8-17-26(25)37-38-27/h4-10,13-14,16-19,24,35-36H,3,11-12,15,20-22H2,1-2H3,(H,37,38). The van der Waals surface area contributed by atoms with Crippen molar-refractivity contribution in [2.75, 3.05) is 22.9 Å². The van der Waals surface area contributed by atoms with Crippen LogP contribution in [0, 0.1) is 16.2 Å². The van der Waals surface area contributed by atoms with Crippen molar-refractivity contribution in [3.05, 3.63) is 90.1 Å². The number of piperidine rings is 1. The number of aromatic nitrogens is 2. The molecule has 43 heavy (non-hydrogen) atoms. The Morgan fingerprint density at radius 3 is 2.47 bits per heavy atom. The monoisotopic (exact) mass is 575 g/mol. The zero-order valence-corrected chi connectivity index (χ0v) is 24.6. The van der Waals surface area contributed by atoms with Crippen LogP contribution in [0.1, 0.15) is 50.8 Å². The van der Waals surface area contributed by atoms with Gasteiger partial charge in [0.2, 0.25) is 11.8 Å². The molecule has 0 aliphatic carbocycles. The van der Waals surface area contributed by atoms with E-state index in [1.165, 1.54) is 0 Å². The number of benzene rings is 3. The second-order valence-electron chi connectivity index (χ2n) is 11.7. The first-order valence-electron chi connectivity index (χ1n) is 15.0. The summed E-state index contributed by atoms with van der Waals surface area (Å²) >= 11 is 0. The van der Waals surface area contributed by atoms with Gasteiger partial charge in [-0.3, -0.25) is 30.4 Å². The Labute approximate surface area is 251 Å². The molecule has 4 aromatic rings. The summed E-state index contributed by atoms with van der Waals surface area (Å²) in [5.41, 5.74) is 1.71. The highest BCUT2D eigenvalue weighted by atomic mass is 16.2. The van der Waals surface area contributed by atoms with Gasteiger partial charge in [-0.25, -0.2) is 0 Å². The number of H-pyrrole nitrogens is 1. The first-order chi connectivity index (χ1) is 20.8. The van der Waals surface area contributed by atoms with Crippen molar-refractivity contribution in [2.24, 2.45) is 5.41 Å². The number of hydrogen-bond acceptors (Lipinski definition) is 5. The fourth-order valence-corrected chi connectivity index (χ4v) is 6.51. The van der Waals surface area contributed by atoms with Gasteiger partial charge in [-0.1, -0.05) is 67.6 Å². The SMILES string of the molecule is CCC1CCCCN1C(=O)CN1C(=O)C(C)(Cc2[nH]nc3ccccc23)C(=N)N(C(=N)c2ccccc2)c2ccccc21. The Morgan fingerprint density at radius 2 is 1.70 bits per heavy atom. The second kappa shape index (κ2) is 11.5. The molecular formula is C34H37N7O2. The highest BCUT2D eigenvalue weighted by Gasteiger charge is 2.49. The molecule has 220 valence electrons. The van der Waals surface area contributed by atoms with Gasteiger partial charge in [0.25, 0.3) is 0 Å². The van der Waals surface area contributed by atoms with Crippen LogP contribution in [0.3, 0.4) is 0 Å². The van der Waals surface area contributed by atoms with Gasteiger partial charge >= 0.3 is 0 Å². The number of hydrogen-bond donors (Lipinski definition) is 3. The maximum atomic E-state index is 14.9. The van der Waals surface area contributed by atoms with Gasteiger partial charge in [0.1, 0.15) is 23.6 Å². The summed E-state index contributed by atoms with van der Waals surface area (Å²) < 4.78 is 0. The highest BCUT2D eigenvalue weighted by Crippen LogP contribution is 2.42. The first-order valence-corrected chi connectivity index (χ1v) is 15.0. The van der Waals surface area contributed by atoms with E-state index in [-0.39, 0.29) is 42.5 Å². The van der Waals surface area contributed by atoms with Crippen LogP contribution in [-0.2, 0) is 16.0 Å². The van der Waals surface area contributed by atoms with Crippen LogP contribution >= 0.6 is 0 Å². The zero-order chi connectivity index (χ0) is 30.1. The van der Waals surface area contributed by atoms with Crippen LogP contribution in [0.25, 0.3) is 10.9 Å². The van der Waals surface area contributed by atoms with Gasteiger partial charge in [0.15, 0.2) is 0 Å². The third-order valence-electron chi connectivity index (χ3n) is 8.93. The van der Waals surface area contributed by atoms with E-state index in [1.807, 2.05) is 83.8 Å². The van der Waals surface area contributed by atoms with Crippen LogP contribution in [-0.4, -0.2) is 57.7 Å². The minimum atomic E-state index is -1.43. The minimum Gasteiger partial charge on any atom is -0.338 e. The van der Waals surface area contributed by atoms with E-state index in [2.05, 4.69) is 17.1 Å². The Morgan fingerprint density at radius 1 is 1.00 bits per heavy atom. The largest absolute Gasteiger partial charge is 0.338 e. The van der Waals surface area contributed by atoms with E-state index in [0.717, 1.165) is 42.3 Å². The average Bonchev–Trinajstić information content (AvgIpc) is 3.43. The molecule has 2 aliphatic heterocycles. The molecule has 3 heterocycles. The number of nitrogens with zero attached hydrogens (tertiary/aromatic N) is 4. The van der Waals surface area contributed by atoms with Gasteiger partial charge < -0.3 is 9.80 Å². The van der Waals surface area contributed by atoms with Gasteiger partial charge in [0.05, 0.1) is 16.9 Å². The smallest absolute Gasteiger partial charge is 0.242 e. The van der Waals surface area contributed by atoms with E-state index < -0.39 is 5.41 Å². The molecule has 2 unspecified atom stereocenters. The molecule has 2 amide bonds. The second-order valence-corrected chi connectivity index (χ2v) is 11.7. The Bertz CT molecular complexity index is 1700. The molecule has 0 spiro atoms.